The number of fused-ring (bicyclic) bond motifs is 4. The largest absolute Gasteiger partial charge is 0.490 e. The van der Waals surface area contributed by atoms with E-state index < -0.39 is 5.54 Å². The minimum atomic E-state index is -0.550. The van der Waals surface area contributed by atoms with E-state index in [1.165, 1.54) is 12.8 Å². The molecule has 6 rings (SSSR count). The summed E-state index contributed by atoms with van der Waals surface area (Å²) in [5.41, 5.74) is 8.51. The van der Waals surface area contributed by atoms with Gasteiger partial charge in [0.1, 0.15) is 24.0 Å². The molecule has 2 aliphatic heterocycles. The maximum absolute atomic E-state index is 6.50. The molecule has 2 aliphatic carbocycles. The van der Waals surface area contributed by atoms with Crippen LogP contribution in [0.1, 0.15) is 37.7 Å². The third-order valence-corrected chi connectivity index (χ3v) is 7.34. The zero-order valence-corrected chi connectivity index (χ0v) is 18.1. The summed E-state index contributed by atoms with van der Waals surface area (Å²) < 4.78 is 18.5. The number of ether oxygens (including phenoxy) is 3. The van der Waals surface area contributed by atoms with Gasteiger partial charge in [0.25, 0.3) is 6.02 Å². The van der Waals surface area contributed by atoms with Gasteiger partial charge >= 0.3 is 0 Å². The van der Waals surface area contributed by atoms with Crippen LogP contribution in [0.5, 0.6) is 5.75 Å². The fourth-order valence-electron chi connectivity index (χ4n) is 5.31. The van der Waals surface area contributed by atoms with Crippen molar-refractivity contribution in [3.05, 3.63) is 47.2 Å². The van der Waals surface area contributed by atoms with Crippen LogP contribution in [0.3, 0.4) is 0 Å². The topological polar surface area (TPSA) is 79.0 Å². The molecular weight excluding hydrogens is 414 g/mol. The van der Waals surface area contributed by atoms with Gasteiger partial charge in [0.15, 0.2) is 0 Å². The number of hydrogen-bond donors (Lipinski definition) is 1. The highest BCUT2D eigenvalue weighted by molar-refractivity contribution is 6.30. The number of benzene rings is 1. The molecule has 4 aliphatic rings. The molecule has 6 nitrogen and oxygen atoms in total. The van der Waals surface area contributed by atoms with Gasteiger partial charge in [-0.2, -0.15) is 0 Å². The first kappa shape index (κ1) is 19.4. The summed E-state index contributed by atoms with van der Waals surface area (Å²) in [5.74, 6) is 1.78. The lowest BCUT2D eigenvalue weighted by Gasteiger charge is -2.48. The van der Waals surface area contributed by atoms with Gasteiger partial charge in [0, 0.05) is 36.0 Å². The molecule has 0 saturated heterocycles. The lowest BCUT2D eigenvalue weighted by atomic mass is 9.67. The van der Waals surface area contributed by atoms with E-state index in [0.717, 1.165) is 54.2 Å². The molecule has 3 heterocycles. The van der Waals surface area contributed by atoms with E-state index in [9.17, 15) is 0 Å². The monoisotopic (exact) mass is 439 g/mol. The van der Waals surface area contributed by atoms with Crippen LogP contribution < -0.4 is 10.5 Å². The van der Waals surface area contributed by atoms with Crippen LogP contribution in [0.4, 0.5) is 0 Å². The van der Waals surface area contributed by atoms with E-state index in [2.05, 4.69) is 11.1 Å². The number of aliphatic imine (C=N–C) groups is 1. The fourth-order valence-corrected chi connectivity index (χ4v) is 5.49. The Morgan fingerprint density at radius 1 is 1.13 bits per heavy atom. The molecule has 162 valence electrons. The van der Waals surface area contributed by atoms with Crippen LogP contribution in [0, 0.1) is 11.8 Å². The number of hydrogen-bond acceptors (Lipinski definition) is 6. The molecule has 1 spiro atoms. The highest BCUT2D eigenvalue weighted by Gasteiger charge is 2.55. The predicted octanol–water partition coefficient (Wildman–Crippen LogP) is 4.30. The third-order valence-electron chi connectivity index (χ3n) is 7.13. The summed E-state index contributed by atoms with van der Waals surface area (Å²) in [5, 5.41) is 0.607. The number of nitrogens with two attached hydrogens (primary N) is 1. The van der Waals surface area contributed by atoms with Crippen molar-refractivity contribution in [1.29, 1.82) is 0 Å². The molecule has 0 radical (unpaired) electrons. The van der Waals surface area contributed by atoms with Crippen molar-refractivity contribution in [2.75, 3.05) is 13.2 Å². The highest BCUT2D eigenvalue weighted by Crippen LogP contribution is 2.53. The van der Waals surface area contributed by atoms with Crippen LogP contribution in [0.2, 0.25) is 5.02 Å². The zero-order chi connectivity index (χ0) is 21.0. The Labute approximate surface area is 186 Å². The summed E-state index contributed by atoms with van der Waals surface area (Å²) in [4.78, 5) is 9.13. The van der Waals surface area contributed by atoms with Gasteiger partial charge in [0.05, 0.1) is 11.1 Å². The van der Waals surface area contributed by atoms with Crippen molar-refractivity contribution < 1.29 is 14.2 Å². The molecule has 2 fully saturated rings. The number of halogens is 1. The normalized spacial score (nSPS) is 31.4. The van der Waals surface area contributed by atoms with Gasteiger partial charge < -0.3 is 19.9 Å². The molecule has 1 unspecified atom stereocenters. The Morgan fingerprint density at radius 2 is 2.03 bits per heavy atom. The quantitative estimate of drug-likeness (QED) is 0.768. The number of rotatable bonds is 4. The second-order valence-electron chi connectivity index (χ2n) is 9.24. The molecule has 31 heavy (non-hydrogen) atoms. The Kier molecular flexibility index (Phi) is 4.62. The van der Waals surface area contributed by atoms with Gasteiger partial charge in [-0.15, -0.1) is 0 Å². The van der Waals surface area contributed by atoms with E-state index in [0.29, 0.717) is 11.6 Å². The minimum absolute atomic E-state index is 0.0882. The van der Waals surface area contributed by atoms with Crippen molar-refractivity contribution >= 4 is 17.6 Å². The van der Waals surface area contributed by atoms with Crippen LogP contribution in [0.25, 0.3) is 11.1 Å². The first-order valence-electron chi connectivity index (χ1n) is 11.1. The molecule has 0 amide bonds. The summed E-state index contributed by atoms with van der Waals surface area (Å²) >= 11 is 6.18. The Hall–Kier alpha value is -2.31. The minimum Gasteiger partial charge on any atom is -0.490 e. The van der Waals surface area contributed by atoms with Crippen molar-refractivity contribution in [1.82, 2.24) is 4.98 Å². The molecule has 4 atom stereocenters. The van der Waals surface area contributed by atoms with Gasteiger partial charge in [-0.1, -0.05) is 17.7 Å². The van der Waals surface area contributed by atoms with Gasteiger partial charge in [0.2, 0.25) is 0 Å². The van der Waals surface area contributed by atoms with Crippen LogP contribution >= 0.6 is 11.6 Å². The highest BCUT2D eigenvalue weighted by atomic mass is 35.5. The van der Waals surface area contributed by atoms with Crippen molar-refractivity contribution in [2.45, 2.75) is 49.9 Å². The van der Waals surface area contributed by atoms with E-state index in [1.807, 2.05) is 24.4 Å². The standard InChI is InChI=1S/C24H26ClN3O3/c25-17-7-16(10-27-11-17)15-3-5-21-19(8-15)24(13-30-23(26)28-24)20-9-18(4-6-22(20)31-21)29-12-14-1-2-14/h3,5,7-8,10-11,14,18,20,22H,1-2,4,6,9,12-13H2,(H2,26,28)/t18?,20-,22-,24-/m0/s1. The van der Waals surface area contributed by atoms with Crippen LogP contribution in [-0.4, -0.2) is 36.4 Å². The van der Waals surface area contributed by atoms with Crippen molar-refractivity contribution in [2.24, 2.45) is 22.6 Å². The lowest BCUT2D eigenvalue weighted by molar-refractivity contribution is -0.0643. The molecule has 1 aromatic heterocycles. The van der Waals surface area contributed by atoms with E-state index in [-0.39, 0.29) is 24.1 Å². The smallest absolute Gasteiger partial charge is 0.283 e. The van der Waals surface area contributed by atoms with Crippen molar-refractivity contribution in [3.63, 3.8) is 0 Å². The average Bonchev–Trinajstić information content (AvgIpc) is 3.53. The second kappa shape index (κ2) is 7.38. The molecular formula is C24H26ClN3O3. The number of nitrogens with zero attached hydrogens (tertiary/aromatic N) is 2. The molecule has 2 N–H and O–H groups in total. The molecule has 2 saturated carbocycles. The lowest BCUT2D eigenvalue weighted by Crippen LogP contribution is -2.52. The molecule has 2 aromatic rings. The van der Waals surface area contributed by atoms with Gasteiger partial charge in [-0.3, -0.25) is 4.98 Å². The third kappa shape index (κ3) is 3.46. The van der Waals surface area contributed by atoms with Crippen LogP contribution in [-0.2, 0) is 15.0 Å². The van der Waals surface area contributed by atoms with E-state index in [1.54, 1.807) is 6.20 Å². The fraction of sp³-hybridized carbons (Fsp3) is 0.500. The molecule has 1 aromatic carbocycles. The van der Waals surface area contributed by atoms with Crippen molar-refractivity contribution in [3.8, 4) is 16.9 Å². The number of aromatic nitrogens is 1. The Morgan fingerprint density at radius 3 is 2.81 bits per heavy atom. The van der Waals surface area contributed by atoms with Gasteiger partial charge in [-0.05, 0) is 61.8 Å². The summed E-state index contributed by atoms with van der Waals surface area (Å²) in [7, 11) is 0. The van der Waals surface area contributed by atoms with E-state index >= 15 is 0 Å². The first-order valence-corrected chi connectivity index (χ1v) is 11.5. The number of pyridine rings is 1. The first-order chi connectivity index (χ1) is 15.1. The molecule has 7 heteroatoms. The van der Waals surface area contributed by atoms with Crippen LogP contribution in [0.15, 0.2) is 41.7 Å². The maximum Gasteiger partial charge on any atom is 0.283 e. The summed E-state index contributed by atoms with van der Waals surface area (Å²) in [6.45, 7) is 1.31. The van der Waals surface area contributed by atoms with E-state index in [4.69, 9.17) is 36.5 Å². The zero-order valence-electron chi connectivity index (χ0n) is 17.3. The molecule has 0 bridgehead atoms. The van der Waals surface area contributed by atoms with Gasteiger partial charge in [-0.25, -0.2) is 4.99 Å². The predicted molar refractivity (Wildman–Crippen MR) is 118 cm³/mol. The average molecular weight is 440 g/mol. The Bertz CT molecular complexity index is 1040. The Balaban J connectivity index is 1.38. The SMILES string of the molecule is NC1=N[C@@]2(CO1)c1cc(-c3cncc(Cl)c3)ccc1O[C@H]1CCC(OCC3CC3)C[C@@H]12. The second-order valence-corrected chi connectivity index (χ2v) is 9.68. The maximum atomic E-state index is 6.50. The summed E-state index contributed by atoms with van der Waals surface area (Å²) in [6, 6.07) is 8.39. The summed E-state index contributed by atoms with van der Waals surface area (Å²) in [6.07, 6.45) is 9.26. The number of amidine groups is 1.